The van der Waals surface area contributed by atoms with Gasteiger partial charge >= 0.3 is 6.09 Å². The number of piperidine rings is 1. The van der Waals surface area contributed by atoms with Gasteiger partial charge in [0.2, 0.25) is 0 Å². The zero-order valence-electron chi connectivity index (χ0n) is 28.1. The number of rotatable bonds is 6. The second-order valence-corrected chi connectivity index (χ2v) is 14.8. The molecule has 0 bridgehead atoms. The molecule has 1 aromatic carbocycles. The summed E-state index contributed by atoms with van der Waals surface area (Å²) in [6.07, 6.45) is 13.5. The van der Waals surface area contributed by atoms with Crippen LogP contribution in [0, 0.1) is 12.3 Å². The minimum absolute atomic E-state index is 0.166. The van der Waals surface area contributed by atoms with E-state index in [1.807, 2.05) is 56.9 Å². The van der Waals surface area contributed by atoms with E-state index in [2.05, 4.69) is 26.5 Å². The van der Waals surface area contributed by atoms with Crippen molar-refractivity contribution in [1.82, 2.24) is 25.0 Å². The molecule has 0 atom stereocenters. The van der Waals surface area contributed by atoms with Crippen LogP contribution in [0.1, 0.15) is 107 Å². The molecule has 1 aliphatic heterocycles. The van der Waals surface area contributed by atoms with Crippen LogP contribution in [0.5, 0.6) is 5.75 Å². The lowest BCUT2D eigenvalue weighted by Crippen LogP contribution is -2.49. The number of benzene rings is 1. The summed E-state index contributed by atoms with van der Waals surface area (Å²) in [5, 5.41) is 12.9. The number of methoxy groups -OCH3 is 1. The molecule has 3 aromatic rings. The molecule has 1 spiro atoms. The van der Waals surface area contributed by atoms with Crippen LogP contribution in [0.25, 0.3) is 10.9 Å². The summed E-state index contributed by atoms with van der Waals surface area (Å²) in [6.45, 7) is 9.28. The molecule has 0 radical (unpaired) electrons. The predicted octanol–water partition coefficient (Wildman–Crippen LogP) is 7.03. The van der Waals surface area contributed by atoms with E-state index in [1.54, 1.807) is 13.2 Å². The number of pyridine rings is 1. The van der Waals surface area contributed by atoms with Crippen LogP contribution in [0.3, 0.4) is 0 Å². The molecule has 2 saturated carbocycles. The van der Waals surface area contributed by atoms with Gasteiger partial charge in [0.15, 0.2) is 0 Å². The van der Waals surface area contributed by atoms with Crippen LogP contribution in [-0.4, -0.2) is 69.5 Å². The van der Waals surface area contributed by atoms with Gasteiger partial charge in [-0.25, -0.2) is 9.78 Å². The summed E-state index contributed by atoms with van der Waals surface area (Å²) >= 11 is 0. The molecule has 1 saturated heterocycles. The van der Waals surface area contributed by atoms with Gasteiger partial charge in [0, 0.05) is 48.5 Å². The zero-order chi connectivity index (χ0) is 32.5. The van der Waals surface area contributed by atoms with Gasteiger partial charge in [-0.3, -0.25) is 9.48 Å². The molecular formula is C36H50N6O4. The molecule has 3 fully saturated rings. The lowest BCUT2D eigenvalue weighted by atomic mass is 9.67. The molecule has 46 heavy (non-hydrogen) atoms. The Balaban J connectivity index is 0.986. The second-order valence-electron chi connectivity index (χ2n) is 14.8. The Bertz CT molecular complexity index is 1540. The number of aryl methyl sites for hydroxylation is 1. The van der Waals surface area contributed by atoms with Crippen molar-refractivity contribution in [3.63, 3.8) is 0 Å². The maximum Gasteiger partial charge on any atom is 0.410 e. The van der Waals surface area contributed by atoms with E-state index in [9.17, 15) is 9.59 Å². The van der Waals surface area contributed by atoms with Crippen molar-refractivity contribution in [2.24, 2.45) is 5.41 Å². The van der Waals surface area contributed by atoms with Gasteiger partial charge in [-0.1, -0.05) is 6.07 Å². The quantitative estimate of drug-likeness (QED) is 0.301. The molecule has 2 aromatic heterocycles. The predicted molar refractivity (Wildman–Crippen MR) is 179 cm³/mol. The van der Waals surface area contributed by atoms with Crippen LogP contribution in [0.15, 0.2) is 36.5 Å². The molecule has 248 valence electrons. The second kappa shape index (κ2) is 13.2. The smallest absolute Gasteiger partial charge is 0.410 e. The topological polar surface area (TPSA) is 111 Å². The molecule has 3 heterocycles. The summed E-state index contributed by atoms with van der Waals surface area (Å²) in [4.78, 5) is 31.6. The number of carbonyl (C=O) groups excluding carboxylic acids is 2. The van der Waals surface area contributed by atoms with E-state index in [4.69, 9.17) is 14.6 Å². The van der Waals surface area contributed by atoms with E-state index in [0.29, 0.717) is 40.7 Å². The first-order valence-electron chi connectivity index (χ1n) is 17.1. The average molecular weight is 631 g/mol. The van der Waals surface area contributed by atoms with Crippen molar-refractivity contribution in [2.75, 3.05) is 25.5 Å². The molecular weight excluding hydrogens is 580 g/mol. The van der Waals surface area contributed by atoms with Crippen LogP contribution >= 0.6 is 0 Å². The Kier molecular flexibility index (Phi) is 9.28. The summed E-state index contributed by atoms with van der Waals surface area (Å²) in [5.41, 5.74) is 2.58. The van der Waals surface area contributed by atoms with Crippen molar-refractivity contribution in [3.05, 3.63) is 47.9 Å². The highest BCUT2D eigenvalue weighted by molar-refractivity contribution is 6.05. The Morgan fingerprint density at radius 1 is 0.957 bits per heavy atom. The summed E-state index contributed by atoms with van der Waals surface area (Å²) < 4.78 is 13.3. The van der Waals surface area contributed by atoms with E-state index in [0.717, 1.165) is 68.2 Å². The van der Waals surface area contributed by atoms with Gasteiger partial charge in [-0.15, -0.1) is 0 Å². The normalized spacial score (nSPS) is 22.2. The molecule has 0 unspecified atom stereocenters. The van der Waals surface area contributed by atoms with Crippen molar-refractivity contribution in [1.29, 1.82) is 0 Å². The van der Waals surface area contributed by atoms with Gasteiger partial charge in [0.05, 0.1) is 24.4 Å². The number of nitrogens with one attached hydrogen (secondary N) is 2. The van der Waals surface area contributed by atoms with Crippen LogP contribution < -0.4 is 15.4 Å². The Hall–Kier alpha value is -3.66. The highest BCUT2D eigenvalue weighted by Gasteiger charge is 2.40. The molecule has 2 amide bonds. The highest BCUT2D eigenvalue weighted by Crippen LogP contribution is 2.45. The molecule has 6 rings (SSSR count). The van der Waals surface area contributed by atoms with Crippen molar-refractivity contribution >= 4 is 28.6 Å². The summed E-state index contributed by atoms with van der Waals surface area (Å²) in [7, 11) is 1.61. The van der Waals surface area contributed by atoms with Gasteiger partial charge in [0.1, 0.15) is 17.0 Å². The molecule has 2 aliphatic carbocycles. The number of amides is 2. The van der Waals surface area contributed by atoms with Gasteiger partial charge in [-0.2, -0.15) is 5.10 Å². The third-order valence-electron chi connectivity index (χ3n) is 10.3. The number of likely N-dealkylation sites (tertiary alicyclic amines) is 1. The number of fused-ring (bicyclic) bond motifs is 1. The van der Waals surface area contributed by atoms with Gasteiger partial charge in [-0.05, 0) is 116 Å². The Morgan fingerprint density at radius 2 is 1.65 bits per heavy atom. The molecule has 2 N–H and O–H groups in total. The Morgan fingerprint density at radius 3 is 2.30 bits per heavy atom. The third-order valence-corrected chi connectivity index (χ3v) is 10.3. The van der Waals surface area contributed by atoms with Crippen LogP contribution in [-0.2, 0) is 4.74 Å². The number of ether oxygens (including phenoxy) is 2. The first kappa shape index (κ1) is 32.3. The monoisotopic (exact) mass is 630 g/mol. The van der Waals surface area contributed by atoms with Crippen molar-refractivity contribution < 1.29 is 19.1 Å². The molecule has 3 aliphatic rings. The average Bonchev–Trinajstić information content (AvgIpc) is 3.44. The fourth-order valence-electron chi connectivity index (χ4n) is 7.61. The SMILES string of the molecule is COc1cc2nn([C@H]3CC[C@H](NC4CCC5(CC4)CCN(C(=O)OC(C)(C)C)CC5)CC3)cc2cc1NC(=O)c1cccc(C)n1. The Labute approximate surface area is 272 Å². The number of nitrogens with zero attached hydrogens (tertiary/aromatic N) is 4. The minimum atomic E-state index is -0.444. The fraction of sp³-hybridized carbons (Fsp3) is 0.611. The van der Waals surface area contributed by atoms with E-state index < -0.39 is 5.60 Å². The van der Waals surface area contributed by atoms with Crippen molar-refractivity contribution in [3.8, 4) is 5.75 Å². The van der Waals surface area contributed by atoms with Crippen LogP contribution in [0.2, 0.25) is 0 Å². The number of aromatic nitrogens is 3. The summed E-state index contributed by atoms with van der Waals surface area (Å²) in [5.74, 6) is 0.311. The number of anilines is 1. The third kappa shape index (κ3) is 7.48. The first-order valence-corrected chi connectivity index (χ1v) is 17.1. The maximum absolute atomic E-state index is 12.9. The number of hydrogen-bond donors (Lipinski definition) is 2. The van der Waals surface area contributed by atoms with Gasteiger partial charge < -0.3 is 25.0 Å². The molecule has 10 heteroatoms. The number of hydrogen-bond acceptors (Lipinski definition) is 7. The van der Waals surface area contributed by atoms with E-state index >= 15 is 0 Å². The largest absolute Gasteiger partial charge is 0.494 e. The standard InChI is InChI=1S/C36H50N6O4/c1-24-7-6-8-29(37-24)33(43)39-31-21-25-23-42(40-30(25)22-32(31)45-5)28-11-9-26(10-12-28)38-27-13-15-36(16-14-27)17-19-41(20-18-36)34(44)46-35(2,3)4/h6-8,21-23,26-28,38H,9-20H2,1-5H3,(H,39,43)/t26-,28-. The zero-order valence-corrected chi connectivity index (χ0v) is 28.1. The lowest BCUT2D eigenvalue weighted by molar-refractivity contribution is 0.00239. The van der Waals surface area contributed by atoms with Gasteiger partial charge in [0.25, 0.3) is 5.91 Å². The minimum Gasteiger partial charge on any atom is -0.494 e. The van der Waals surface area contributed by atoms with E-state index in [-0.39, 0.29) is 12.0 Å². The molecule has 10 nitrogen and oxygen atoms in total. The van der Waals surface area contributed by atoms with Crippen LogP contribution in [0.4, 0.5) is 10.5 Å². The maximum atomic E-state index is 12.9. The van der Waals surface area contributed by atoms with Crippen molar-refractivity contribution in [2.45, 2.75) is 116 Å². The lowest BCUT2D eigenvalue weighted by Gasteiger charge is -2.46. The summed E-state index contributed by atoms with van der Waals surface area (Å²) in [6, 6.07) is 10.7. The fourth-order valence-corrected chi connectivity index (χ4v) is 7.61. The highest BCUT2D eigenvalue weighted by atomic mass is 16.6. The number of carbonyl (C=O) groups is 2. The first-order chi connectivity index (χ1) is 22.0. The van der Waals surface area contributed by atoms with E-state index in [1.165, 1.54) is 25.7 Å².